The summed E-state index contributed by atoms with van der Waals surface area (Å²) in [7, 11) is 1.59. The quantitative estimate of drug-likeness (QED) is 0.772. The Balaban J connectivity index is 2.01. The van der Waals surface area contributed by atoms with Crippen LogP contribution < -0.4 is 0 Å². The molecule has 1 heterocycles. The smallest absolute Gasteiger partial charge is 0.239 e. The van der Waals surface area contributed by atoms with E-state index in [1.807, 2.05) is 57.2 Å². The highest BCUT2D eigenvalue weighted by Crippen LogP contribution is 2.40. The molecule has 0 aromatic heterocycles. The zero-order valence-corrected chi connectivity index (χ0v) is 15.2. The van der Waals surface area contributed by atoms with Gasteiger partial charge in [0.2, 0.25) is 5.79 Å². The topological polar surface area (TPSA) is 27.7 Å². The SMILES string of the molecule is CO[C@@]1(c2ccc3ccccc3c2)C[C@H](OC(C)(C)C)C=C(CF)O1. The Bertz CT molecular complexity index is 778. The summed E-state index contributed by atoms with van der Waals surface area (Å²) >= 11 is 0. The zero-order valence-electron chi connectivity index (χ0n) is 15.2. The molecule has 0 spiro atoms. The van der Waals surface area contributed by atoms with Gasteiger partial charge in [-0.1, -0.05) is 36.4 Å². The minimum atomic E-state index is -1.06. The largest absolute Gasteiger partial charge is 0.460 e. The lowest BCUT2D eigenvalue weighted by molar-refractivity contribution is -0.242. The van der Waals surface area contributed by atoms with Gasteiger partial charge in [0, 0.05) is 19.1 Å². The normalized spacial score (nSPS) is 24.0. The number of rotatable bonds is 4. The van der Waals surface area contributed by atoms with Crippen LogP contribution >= 0.6 is 0 Å². The van der Waals surface area contributed by atoms with Gasteiger partial charge < -0.3 is 14.2 Å². The fourth-order valence-electron chi connectivity index (χ4n) is 3.27. The second kappa shape index (κ2) is 6.77. The Kier molecular flexibility index (Phi) is 4.85. The van der Waals surface area contributed by atoms with Crippen molar-refractivity contribution in [2.75, 3.05) is 13.8 Å². The van der Waals surface area contributed by atoms with Crippen molar-refractivity contribution in [3.63, 3.8) is 0 Å². The predicted octanol–water partition coefficient (Wildman–Crippen LogP) is 5.10. The van der Waals surface area contributed by atoms with E-state index in [9.17, 15) is 4.39 Å². The summed E-state index contributed by atoms with van der Waals surface area (Å²) in [5, 5.41) is 2.22. The van der Waals surface area contributed by atoms with E-state index in [1.54, 1.807) is 13.2 Å². The minimum Gasteiger partial charge on any atom is -0.460 e. The molecule has 134 valence electrons. The molecular formula is C21H25FO3. The summed E-state index contributed by atoms with van der Waals surface area (Å²) in [6, 6.07) is 14.1. The molecule has 1 aliphatic rings. The fourth-order valence-corrected chi connectivity index (χ4v) is 3.27. The molecule has 1 aliphatic heterocycles. The highest BCUT2D eigenvalue weighted by molar-refractivity contribution is 5.83. The number of fused-ring (bicyclic) bond motifs is 1. The molecule has 0 fully saturated rings. The van der Waals surface area contributed by atoms with Crippen LogP contribution in [-0.2, 0) is 20.0 Å². The number of halogens is 1. The number of allylic oxidation sites excluding steroid dienone is 1. The van der Waals surface area contributed by atoms with Crippen LogP contribution in [0.25, 0.3) is 10.8 Å². The van der Waals surface area contributed by atoms with E-state index in [0.29, 0.717) is 6.42 Å². The molecule has 2 aromatic carbocycles. The van der Waals surface area contributed by atoms with Crippen LogP contribution in [-0.4, -0.2) is 25.5 Å². The summed E-state index contributed by atoms with van der Waals surface area (Å²) in [6.07, 6.45) is 1.89. The molecule has 4 heteroatoms. The molecule has 2 atom stereocenters. The van der Waals surface area contributed by atoms with Gasteiger partial charge in [0.1, 0.15) is 12.4 Å². The van der Waals surface area contributed by atoms with Crippen molar-refractivity contribution in [2.24, 2.45) is 0 Å². The van der Waals surface area contributed by atoms with Gasteiger partial charge in [-0.15, -0.1) is 0 Å². The molecule has 3 rings (SSSR count). The molecule has 0 radical (unpaired) electrons. The van der Waals surface area contributed by atoms with Crippen LogP contribution in [0.1, 0.15) is 32.8 Å². The van der Waals surface area contributed by atoms with Crippen molar-refractivity contribution in [3.05, 3.63) is 59.9 Å². The van der Waals surface area contributed by atoms with Crippen LogP contribution in [0.3, 0.4) is 0 Å². The lowest BCUT2D eigenvalue weighted by Crippen LogP contribution is -2.42. The number of ether oxygens (including phenoxy) is 3. The third-order valence-corrected chi connectivity index (χ3v) is 4.29. The van der Waals surface area contributed by atoms with Crippen molar-refractivity contribution in [3.8, 4) is 0 Å². The van der Waals surface area contributed by atoms with Crippen molar-refractivity contribution in [1.29, 1.82) is 0 Å². The highest BCUT2D eigenvalue weighted by Gasteiger charge is 2.42. The van der Waals surface area contributed by atoms with E-state index in [-0.39, 0.29) is 17.5 Å². The van der Waals surface area contributed by atoms with Gasteiger partial charge in [-0.3, -0.25) is 0 Å². The molecule has 3 nitrogen and oxygen atoms in total. The Morgan fingerprint density at radius 3 is 2.52 bits per heavy atom. The first-order valence-electron chi connectivity index (χ1n) is 8.53. The molecule has 0 bridgehead atoms. The standard InChI is InChI=1S/C21H25FO3/c1-20(2,3)24-18-12-19(14-22)25-21(13-18,23-4)17-10-9-15-7-5-6-8-16(15)11-17/h5-12,18H,13-14H2,1-4H3/t18-,21+/m1/s1. The Morgan fingerprint density at radius 2 is 1.88 bits per heavy atom. The first kappa shape index (κ1) is 17.9. The third kappa shape index (κ3) is 3.86. The number of benzene rings is 2. The minimum absolute atomic E-state index is 0.246. The van der Waals surface area contributed by atoms with Gasteiger partial charge in [-0.25, -0.2) is 4.39 Å². The molecule has 2 aromatic rings. The van der Waals surface area contributed by atoms with E-state index in [2.05, 4.69) is 6.07 Å². The second-order valence-electron chi connectivity index (χ2n) is 7.36. The average molecular weight is 344 g/mol. The summed E-state index contributed by atoms with van der Waals surface area (Å²) in [5.74, 6) is -0.814. The fraction of sp³-hybridized carbons (Fsp3) is 0.429. The van der Waals surface area contributed by atoms with Crippen LogP contribution in [0.15, 0.2) is 54.3 Å². The van der Waals surface area contributed by atoms with E-state index in [0.717, 1.165) is 16.3 Å². The molecule has 0 amide bonds. The lowest BCUT2D eigenvalue weighted by Gasteiger charge is -2.41. The van der Waals surface area contributed by atoms with E-state index < -0.39 is 12.5 Å². The van der Waals surface area contributed by atoms with Gasteiger partial charge in [0.15, 0.2) is 0 Å². The third-order valence-electron chi connectivity index (χ3n) is 4.29. The first-order valence-corrected chi connectivity index (χ1v) is 8.53. The number of hydrogen-bond donors (Lipinski definition) is 0. The van der Waals surface area contributed by atoms with Crippen molar-refractivity contribution >= 4 is 10.8 Å². The maximum Gasteiger partial charge on any atom is 0.239 e. The Labute approximate surface area is 148 Å². The maximum absolute atomic E-state index is 13.4. The molecule has 0 N–H and O–H groups in total. The molecule has 0 aliphatic carbocycles. The van der Waals surface area contributed by atoms with Crippen LogP contribution in [0.4, 0.5) is 4.39 Å². The molecule has 0 saturated carbocycles. The maximum atomic E-state index is 13.4. The molecule has 25 heavy (non-hydrogen) atoms. The summed E-state index contributed by atoms with van der Waals surface area (Å²) < 4.78 is 31.2. The van der Waals surface area contributed by atoms with Gasteiger partial charge in [-0.05, 0) is 43.7 Å². The number of alkyl halides is 1. The molecule has 0 saturated heterocycles. The highest BCUT2D eigenvalue weighted by atomic mass is 19.1. The first-order chi connectivity index (χ1) is 11.8. The summed E-state index contributed by atoms with van der Waals surface area (Å²) in [4.78, 5) is 0. The van der Waals surface area contributed by atoms with Crippen LogP contribution in [0.5, 0.6) is 0 Å². The van der Waals surface area contributed by atoms with Crippen molar-refractivity contribution in [1.82, 2.24) is 0 Å². The molecular weight excluding hydrogens is 319 g/mol. The van der Waals surface area contributed by atoms with E-state index >= 15 is 0 Å². The van der Waals surface area contributed by atoms with Gasteiger partial charge in [0.25, 0.3) is 0 Å². The van der Waals surface area contributed by atoms with E-state index in [1.165, 1.54) is 0 Å². The lowest BCUT2D eigenvalue weighted by atomic mass is 9.93. The van der Waals surface area contributed by atoms with Gasteiger partial charge >= 0.3 is 0 Å². The van der Waals surface area contributed by atoms with Gasteiger partial charge in [0.05, 0.1) is 11.7 Å². The van der Waals surface area contributed by atoms with Crippen molar-refractivity contribution in [2.45, 2.75) is 44.7 Å². The summed E-state index contributed by atoms with van der Waals surface area (Å²) in [5.41, 5.74) is 0.512. The second-order valence-corrected chi connectivity index (χ2v) is 7.36. The van der Waals surface area contributed by atoms with Crippen LogP contribution in [0.2, 0.25) is 0 Å². The number of hydrogen-bond acceptors (Lipinski definition) is 3. The Hall–Kier alpha value is -1.91. The zero-order chi connectivity index (χ0) is 18.1. The Morgan fingerprint density at radius 1 is 1.16 bits per heavy atom. The average Bonchev–Trinajstić information content (AvgIpc) is 2.59. The van der Waals surface area contributed by atoms with Crippen LogP contribution in [0, 0.1) is 0 Å². The monoisotopic (exact) mass is 344 g/mol. The predicted molar refractivity (Wildman–Crippen MR) is 97.0 cm³/mol. The number of methoxy groups -OCH3 is 1. The van der Waals surface area contributed by atoms with Gasteiger partial charge in [-0.2, -0.15) is 0 Å². The molecule has 0 unspecified atom stereocenters. The van der Waals surface area contributed by atoms with Crippen molar-refractivity contribution < 1.29 is 18.6 Å². The summed E-state index contributed by atoms with van der Waals surface area (Å²) in [6.45, 7) is 5.25. The van der Waals surface area contributed by atoms with E-state index in [4.69, 9.17) is 14.2 Å².